The molecule has 0 heterocycles. The zero-order chi connectivity index (χ0) is 21.1. The van der Waals surface area contributed by atoms with E-state index in [9.17, 15) is 26.8 Å². The number of alkyl halides is 2. The van der Waals surface area contributed by atoms with Gasteiger partial charge in [-0.05, 0) is 49.4 Å². The number of benzene rings is 2. The lowest BCUT2D eigenvalue weighted by atomic mass is 10.1. The maximum atomic E-state index is 12.3. The highest BCUT2D eigenvalue weighted by molar-refractivity contribution is 7.90. The van der Waals surface area contributed by atoms with Gasteiger partial charge in [-0.15, -0.1) is 0 Å². The number of ether oxygens (including phenoxy) is 2. The van der Waals surface area contributed by atoms with Crippen molar-refractivity contribution in [2.24, 2.45) is 0 Å². The highest BCUT2D eigenvalue weighted by Gasteiger charge is 2.22. The van der Waals surface area contributed by atoms with Crippen molar-refractivity contribution in [3.05, 3.63) is 58.6 Å². The van der Waals surface area contributed by atoms with Gasteiger partial charge in [-0.1, -0.05) is 11.6 Å². The fourth-order valence-electron chi connectivity index (χ4n) is 2.23. The monoisotopic (exact) mass is 432 g/mol. The standard InChI is InChI=1S/C18H15ClF2O6S/c1-10(16(22)11-3-6-13(7-4-11)27-18(20)21)26-17(23)12-5-8-14(19)15(9-12)28(2,24)25/h3-10,18H,1-2H3/t10-/m0/s1. The van der Waals surface area contributed by atoms with Gasteiger partial charge < -0.3 is 9.47 Å². The van der Waals surface area contributed by atoms with E-state index in [2.05, 4.69) is 4.74 Å². The topological polar surface area (TPSA) is 86.7 Å². The summed E-state index contributed by atoms with van der Waals surface area (Å²) in [6.07, 6.45) is -0.261. The molecule has 6 nitrogen and oxygen atoms in total. The summed E-state index contributed by atoms with van der Waals surface area (Å²) in [5.41, 5.74) is 0.0278. The Hall–Kier alpha value is -2.52. The summed E-state index contributed by atoms with van der Waals surface area (Å²) in [6, 6.07) is 8.46. The van der Waals surface area contributed by atoms with Gasteiger partial charge in [0.05, 0.1) is 15.5 Å². The van der Waals surface area contributed by atoms with Gasteiger partial charge in [0, 0.05) is 11.8 Å². The largest absolute Gasteiger partial charge is 0.451 e. The Kier molecular flexibility index (Phi) is 6.73. The number of carbonyl (C=O) groups excluding carboxylic acids is 2. The lowest BCUT2D eigenvalue weighted by molar-refractivity contribution is -0.0498. The summed E-state index contributed by atoms with van der Waals surface area (Å²) >= 11 is 5.82. The molecule has 150 valence electrons. The molecule has 0 aliphatic rings. The molecule has 0 fully saturated rings. The first-order chi connectivity index (χ1) is 13.0. The molecule has 0 aliphatic carbocycles. The van der Waals surface area contributed by atoms with E-state index in [4.69, 9.17) is 16.3 Å². The highest BCUT2D eigenvalue weighted by atomic mass is 35.5. The van der Waals surface area contributed by atoms with Gasteiger partial charge in [-0.3, -0.25) is 4.79 Å². The molecule has 0 saturated heterocycles. The number of Topliss-reactive ketones (excluding diaryl/α,β-unsaturated/α-hetero) is 1. The Morgan fingerprint density at radius 1 is 1.04 bits per heavy atom. The third-order valence-electron chi connectivity index (χ3n) is 3.58. The minimum atomic E-state index is -3.66. The van der Waals surface area contributed by atoms with Crippen LogP contribution in [-0.4, -0.2) is 39.1 Å². The summed E-state index contributed by atoms with van der Waals surface area (Å²) in [5, 5.41) is -0.0470. The average Bonchev–Trinajstić information content (AvgIpc) is 2.60. The van der Waals surface area contributed by atoms with Crippen LogP contribution in [0.15, 0.2) is 47.4 Å². The number of esters is 1. The first-order valence-electron chi connectivity index (χ1n) is 7.78. The zero-order valence-corrected chi connectivity index (χ0v) is 16.3. The Balaban J connectivity index is 2.12. The van der Waals surface area contributed by atoms with E-state index in [0.29, 0.717) is 0 Å². The Morgan fingerprint density at radius 3 is 2.14 bits per heavy atom. The zero-order valence-electron chi connectivity index (χ0n) is 14.7. The van der Waals surface area contributed by atoms with Crippen LogP contribution in [0.3, 0.4) is 0 Å². The predicted molar refractivity (Wildman–Crippen MR) is 96.8 cm³/mol. The van der Waals surface area contributed by atoms with Gasteiger partial charge in [0.1, 0.15) is 5.75 Å². The van der Waals surface area contributed by atoms with Crippen molar-refractivity contribution in [1.29, 1.82) is 0 Å². The highest BCUT2D eigenvalue weighted by Crippen LogP contribution is 2.23. The van der Waals surface area contributed by atoms with Crippen molar-refractivity contribution in [2.45, 2.75) is 24.5 Å². The predicted octanol–water partition coefficient (Wildman–Crippen LogP) is 3.77. The molecule has 0 spiro atoms. The Morgan fingerprint density at radius 2 is 1.61 bits per heavy atom. The summed E-state index contributed by atoms with van der Waals surface area (Å²) < 4.78 is 56.9. The second-order valence-corrected chi connectivity index (χ2v) is 8.12. The van der Waals surface area contributed by atoms with E-state index in [-0.39, 0.29) is 26.8 Å². The lowest BCUT2D eigenvalue weighted by Gasteiger charge is -2.13. The molecule has 0 saturated carbocycles. The smallest absolute Gasteiger partial charge is 0.387 e. The van der Waals surface area contributed by atoms with Crippen molar-refractivity contribution in [2.75, 3.05) is 6.26 Å². The number of halogens is 3. The molecule has 0 unspecified atom stereocenters. The second kappa shape index (κ2) is 8.66. The van der Waals surface area contributed by atoms with Crippen LogP contribution in [0, 0.1) is 0 Å². The quantitative estimate of drug-likeness (QED) is 0.489. The lowest BCUT2D eigenvalue weighted by Crippen LogP contribution is -2.24. The third-order valence-corrected chi connectivity index (χ3v) is 5.16. The fraction of sp³-hybridized carbons (Fsp3) is 0.222. The molecular formula is C18H15ClF2O6S. The summed E-state index contributed by atoms with van der Waals surface area (Å²) in [7, 11) is -3.66. The van der Waals surface area contributed by atoms with Gasteiger partial charge in [0.25, 0.3) is 0 Å². The summed E-state index contributed by atoms with van der Waals surface area (Å²) in [4.78, 5) is 24.3. The number of rotatable bonds is 7. The molecule has 10 heteroatoms. The van der Waals surface area contributed by atoms with Crippen molar-refractivity contribution >= 4 is 33.2 Å². The second-order valence-electron chi connectivity index (χ2n) is 5.73. The SMILES string of the molecule is C[C@H](OC(=O)c1ccc(Cl)c(S(C)(=O)=O)c1)C(=O)c1ccc(OC(F)F)cc1. The van der Waals surface area contributed by atoms with E-state index in [1.165, 1.54) is 43.3 Å². The van der Waals surface area contributed by atoms with E-state index < -0.39 is 34.3 Å². The number of carbonyl (C=O) groups is 2. The molecule has 0 N–H and O–H groups in total. The van der Waals surface area contributed by atoms with Crippen LogP contribution in [-0.2, 0) is 14.6 Å². The van der Waals surface area contributed by atoms with Crippen LogP contribution in [0.2, 0.25) is 5.02 Å². The normalized spacial score (nSPS) is 12.5. The Bertz CT molecular complexity index is 990. The Labute approximate surface area is 164 Å². The first kappa shape index (κ1) is 21.8. The van der Waals surface area contributed by atoms with Crippen LogP contribution < -0.4 is 4.74 Å². The van der Waals surface area contributed by atoms with Crippen LogP contribution in [0.4, 0.5) is 8.78 Å². The molecule has 0 bridgehead atoms. The molecule has 2 aromatic carbocycles. The maximum Gasteiger partial charge on any atom is 0.387 e. The van der Waals surface area contributed by atoms with Gasteiger partial charge in [-0.25, -0.2) is 13.2 Å². The van der Waals surface area contributed by atoms with Gasteiger partial charge >= 0.3 is 12.6 Å². The summed E-state index contributed by atoms with van der Waals surface area (Å²) in [5.74, 6) is -1.61. The van der Waals surface area contributed by atoms with E-state index in [1.807, 2.05) is 0 Å². The number of hydrogen-bond acceptors (Lipinski definition) is 6. The molecule has 0 radical (unpaired) electrons. The first-order valence-corrected chi connectivity index (χ1v) is 10.1. The van der Waals surface area contributed by atoms with E-state index in [0.717, 1.165) is 12.3 Å². The average molecular weight is 433 g/mol. The van der Waals surface area contributed by atoms with Crippen LogP contribution in [0.25, 0.3) is 0 Å². The van der Waals surface area contributed by atoms with Crippen molar-refractivity contribution in [3.63, 3.8) is 0 Å². The van der Waals surface area contributed by atoms with Gasteiger partial charge in [0.15, 0.2) is 15.9 Å². The van der Waals surface area contributed by atoms with E-state index in [1.54, 1.807) is 0 Å². The van der Waals surface area contributed by atoms with Gasteiger partial charge in [0.2, 0.25) is 5.78 Å². The maximum absolute atomic E-state index is 12.3. The number of sulfone groups is 1. The van der Waals surface area contributed by atoms with Crippen molar-refractivity contribution in [3.8, 4) is 5.75 Å². The molecule has 2 rings (SSSR count). The van der Waals surface area contributed by atoms with Gasteiger partial charge in [-0.2, -0.15) is 8.78 Å². The number of ketones is 1. The number of hydrogen-bond donors (Lipinski definition) is 0. The molecule has 2 aromatic rings. The molecule has 28 heavy (non-hydrogen) atoms. The molecule has 0 amide bonds. The molecule has 0 aliphatic heterocycles. The van der Waals surface area contributed by atoms with Crippen molar-refractivity contribution < 1.29 is 36.3 Å². The third kappa shape index (κ3) is 5.49. The minimum Gasteiger partial charge on any atom is -0.451 e. The minimum absolute atomic E-state index is 0.0470. The molecule has 0 aromatic heterocycles. The molecule has 1 atom stereocenters. The van der Waals surface area contributed by atoms with E-state index >= 15 is 0 Å². The summed E-state index contributed by atoms with van der Waals surface area (Å²) in [6.45, 7) is -1.66. The van der Waals surface area contributed by atoms with Crippen LogP contribution in [0.5, 0.6) is 5.75 Å². The van der Waals surface area contributed by atoms with Crippen LogP contribution in [0.1, 0.15) is 27.6 Å². The van der Waals surface area contributed by atoms with Crippen LogP contribution >= 0.6 is 11.6 Å². The van der Waals surface area contributed by atoms with Crippen molar-refractivity contribution in [1.82, 2.24) is 0 Å². The fourth-order valence-corrected chi connectivity index (χ4v) is 3.53. The molecular weight excluding hydrogens is 418 g/mol.